The van der Waals surface area contributed by atoms with E-state index < -0.39 is 11.9 Å². The number of benzene rings is 2. The van der Waals surface area contributed by atoms with Crippen LogP contribution in [0.25, 0.3) is 22.0 Å². The van der Waals surface area contributed by atoms with Gasteiger partial charge in [-0.15, -0.1) is 0 Å². The van der Waals surface area contributed by atoms with Crippen molar-refractivity contribution in [3.05, 3.63) is 53.8 Å². The van der Waals surface area contributed by atoms with Gasteiger partial charge in [-0.1, -0.05) is 26.0 Å². The second kappa shape index (κ2) is 6.78. The van der Waals surface area contributed by atoms with Crippen molar-refractivity contribution >= 4 is 22.7 Å². The summed E-state index contributed by atoms with van der Waals surface area (Å²) in [6.45, 7) is 4.92. The van der Waals surface area contributed by atoms with Crippen molar-refractivity contribution < 1.29 is 19.4 Å². The molecule has 0 spiro atoms. The molecule has 2 aromatic carbocycles. The van der Waals surface area contributed by atoms with Gasteiger partial charge in [0, 0.05) is 30.1 Å². The Bertz CT molecular complexity index is 1060. The Kier molecular flexibility index (Phi) is 4.41. The minimum atomic E-state index is -0.806. The van der Waals surface area contributed by atoms with Gasteiger partial charge in [0.1, 0.15) is 17.4 Å². The van der Waals surface area contributed by atoms with Gasteiger partial charge in [-0.25, -0.2) is 9.37 Å². The zero-order valence-electron chi connectivity index (χ0n) is 15.7. The Hall–Kier alpha value is -3.15. The number of aliphatic carboxylic acids is 1. The van der Waals surface area contributed by atoms with Crippen LogP contribution < -0.4 is 4.90 Å². The van der Waals surface area contributed by atoms with E-state index in [0.29, 0.717) is 18.6 Å². The van der Waals surface area contributed by atoms with Gasteiger partial charge >= 0.3 is 5.97 Å². The minimum Gasteiger partial charge on any atom is -0.508 e. The molecule has 3 aromatic rings. The number of rotatable bonds is 4. The SMILES string of the molecule is CC(C)c1c(N2CC(C(=O)O)C2)nc2cc(O)ccc2c1-c1ccc(F)cc1. The summed E-state index contributed by atoms with van der Waals surface area (Å²) in [7, 11) is 0. The Balaban J connectivity index is 1.97. The number of aromatic hydroxyl groups is 1. The number of carbonyl (C=O) groups is 1. The Morgan fingerprint density at radius 2 is 1.86 bits per heavy atom. The average Bonchev–Trinajstić information content (AvgIpc) is 2.59. The molecule has 1 aromatic heterocycles. The summed E-state index contributed by atoms with van der Waals surface area (Å²) < 4.78 is 13.5. The van der Waals surface area contributed by atoms with Crippen molar-refractivity contribution in [3.8, 4) is 16.9 Å². The highest BCUT2D eigenvalue weighted by Gasteiger charge is 2.36. The van der Waals surface area contributed by atoms with Crippen LogP contribution in [0.4, 0.5) is 10.2 Å². The summed E-state index contributed by atoms with van der Waals surface area (Å²) in [5.41, 5.74) is 3.42. The molecule has 1 saturated heterocycles. The smallest absolute Gasteiger partial charge is 0.310 e. The van der Waals surface area contributed by atoms with Crippen LogP contribution in [0.1, 0.15) is 25.3 Å². The lowest BCUT2D eigenvalue weighted by Crippen LogP contribution is -2.51. The number of nitrogens with zero attached hydrogens (tertiary/aromatic N) is 2. The van der Waals surface area contributed by atoms with E-state index >= 15 is 0 Å². The normalized spacial score (nSPS) is 14.5. The lowest BCUT2D eigenvalue weighted by atomic mass is 9.88. The first kappa shape index (κ1) is 18.2. The van der Waals surface area contributed by atoms with E-state index in [9.17, 15) is 19.4 Å². The number of halogens is 1. The summed E-state index contributed by atoms with van der Waals surface area (Å²) in [5, 5.41) is 20.0. The second-order valence-corrected chi connectivity index (χ2v) is 7.53. The van der Waals surface area contributed by atoms with Crippen molar-refractivity contribution in [3.63, 3.8) is 0 Å². The topological polar surface area (TPSA) is 73.7 Å². The Labute approximate surface area is 162 Å². The molecule has 0 radical (unpaired) electrons. The Morgan fingerprint density at radius 1 is 1.18 bits per heavy atom. The summed E-state index contributed by atoms with van der Waals surface area (Å²) >= 11 is 0. The van der Waals surface area contributed by atoms with E-state index in [1.54, 1.807) is 24.3 Å². The number of anilines is 1. The van der Waals surface area contributed by atoms with E-state index in [-0.39, 0.29) is 17.5 Å². The predicted molar refractivity (Wildman–Crippen MR) is 106 cm³/mol. The maximum atomic E-state index is 13.5. The number of carboxylic acids is 1. The molecule has 0 unspecified atom stereocenters. The third kappa shape index (κ3) is 3.05. The molecule has 2 N–H and O–H groups in total. The molecular formula is C22H21FN2O3. The molecule has 0 saturated carbocycles. The predicted octanol–water partition coefficient (Wildman–Crippen LogP) is 4.39. The van der Waals surface area contributed by atoms with Crippen molar-refractivity contribution in [1.29, 1.82) is 0 Å². The minimum absolute atomic E-state index is 0.111. The van der Waals surface area contributed by atoms with Crippen LogP contribution in [0, 0.1) is 11.7 Å². The highest BCUT2D eigenvalue weighted by molar-refractivity contribution is 5.99. The number of pyridine rings is 1. The fourth-order valence-electron chi connectivity index (χ4n) is 3.78. The number of carboxylic acid groups (broad SMARTS) is 1. The van der Waals surface area contributed by atoms with Crippen LogP contribution in [0.2, 0.25) is 0 Å². The van der Waals surface area contributed by atoms with Gasteiger partial charge in [0.05, 0.1) is 11.4 Å². The summed E-state index contributed by atoms with van der Waals surface area (Å²) in [4.78, 5) is 18.0. The van der Waals surface area contributed by atoms with Crippen LogP contribution in [0.5, 0.6) is 5.75 Å². The van der Waals surface area contributed by atoms with Gasteiger partial charge in [0.2, 0.25) is 0 Å². The van der Waals surface area contributed by atoms with Crippen molar-refractivity contribution in [2.45, 2.75) is 19.8 Å². The lowest BCUT2D eigenvalue weighted by molar-refractivity contribution is -0.142. The molecule has 2 heterocycles. The van der Waals surface area contributed by atoms with E-state index in [1.807, 2.05) is 11.0 Å². The molecule has 6 heteroatoms. The molecule has 28 heavy (non-hydrogen) atoms. The fourth-order valence-corrected chi connectivity index (χ4v) is 3.78. The zero-order valence-corrected chi connectivity index (χ0v) is 15.7. The van der Waals surface area contributed by atoms with E-state index in [0.717, 1.165) is 27.9 Å². The van der Waals surface area contributed by atoms with Gasteiger partial charge < -0.3 is 15.1 Å². The van der Waals surface area contributed by atoms with Gasteiger partial charge in [-0.3, -0.25) is 4.79 Å². The maximum Gasteiger partial charge on any atom is 0.310 e. The molecule has 1 fully saturated rings. The number of fused-ring (bicyclic) bond motifs is 1. The number of hydrogen-bond acceptors (Lipinski definition) is 4. The highest BCUT2D eigenvalue weighted by atomic mass is 19.1. The molecular weight excluding hydrogens is 359 g/mol. The quantitative estimate of drug-likeness (QED) is 0.702. The monoisotopic (exact) mass is 380 g/mol. The van der Waals surface area contributed by atoms with Crippen LogP contribution in [0.3, 0.4) is 0 Å². The largest absolute Gasteiger partial charge is 0.508 e. The second-order valence-electron chi connectivity index (χ2n) is 7.53. The van der Waals surface area contributed by atoms with E-state index in [1.165, 1.54) is 12.1 Å². The molecule has 4 rings (SSSR count). The number of phenolic OH excluding ortho intramolecular Hbond substituents is 1. The molecule has 1 aliphatic heterocycles. The van der Waals surface area contributed by atoms with Crippen LogP contribution in [0.15, 0.2) is 42.5 Å². The van der Waals surface area contributed by atoms with Crippen molar-refractivity contribution in [1.82, 2.24) is 4.98 Å². The van der Waals surface area contributed by atoms with Gasteiger partial charge in [-0.2, -0.15) is 0 Å². The maximum absolute atomic E-state index is 13.5. The van der Waals surface area contributed by atoms with Crippen LogP contribution >= 0.6 is 0 Å². The molecule has 0 amide bonds. The van der Waals surface area contributed by atoms with Crippen LogP contribution in [-0.2, 0) is 4.79 Å². The Morgan fingerprint density at radius 3 is 2.46 bits per heavy atom. The van der Waals surface area contributed by atoms with Gasteiger partial charge in [0.15, 0.2) is 0 Å². The van der Waals surface area contributed by atoms with Crippen LogP contribution in [-0.4, -0.2) is 34.3 Å². The summed E-state index contributed by atoms with van der Waals surface area (Å²) in [6.07, 6.45) is 0. The first-order chi connectivity index (χ1) is 13.3. The molecule has 144 valence electrons. The highest BCUT2D eigenvalue weighted by Crippen LogP contribution is 2.42. The number of phenols is 1. The molecule has 1 aliphatic rings. The average molecular weight is 380 g/mol. The van der Waals surface area contributed by atoms with Crippen molar-refractivity contribution in [2.24, 2.45) is 5.92 Å². The summed E-state index contributed by atoms with van der Waals surface area (Å²) in [5.74, 6) is -0.566. The molecule has 0 aliphatic carbocycles. The molecule has 0 bridgehead atoms. The lowest BCUT2D eigenvalue weighted by Gasteiger charge is -2.40. The first-order valence-corrected chi connectivity index (χ1v) is 9.25. The summed E-state index contributed by atoms with van der Waals surface area (Å²) in [6, 6.07) is 11.4. The molecule has 0 atom stereocenters. The van der Waals surface area contributed by atoms with E-state index in [4.69, 9.17) is 4.98 Å². The number of hydrogen-bond donors (Lipinski definition) is 2. The standard InChI is InChI=1S/C22H21FN2O3/c1-12(2)19-20(13-3-5-15(23)6-4-13)17-8-7-16(26)9-18(17)24-21(19)25-10-14(11-25)22(27)28/h3-9,12,14,26H,10-11H2,1-2H3,(H,27,28). The molecule has 5 nitrogen and oxygen atoms in total. The third-order valence-corrected chi connectivity index (χ3v) is 5.23. The van der Waals surface area contributed by atoms with Gasteiger partial charge in [-0.05, 0) is 41.3 Å². The van der Waals surface area contributed by atoms with E-state index in [2.05, 4.69) is 13.8 Å². The zero-order chi connectivity index (χ0) is 20.0. The fraction of sp³-hybridized carbons (Fsp3) is 0.273. The van der Waals surface area contributed by atoms with Gasteiger partial charge in [0.25, 0.3) is 0 Å². The first-order valence-electron chi connectivity index (χ1n) is 9.25. The number of aromatic nitrogens is 1. The third-order valence-electron chi connectivity index (χ3n) is 5.23. The van der Waals surface area contributed by atoms with Crippen molar-refractivity contribution in [2.75, 3.05) is 18.0 Å².